The van der Waals surface area contributed by atoms with Crippen molar-refractivity contribution in [3.63, 3.8) is 0 Å². The number of H-pyrrole nitrogens is 1. The van der Waals surface area contributed by atoms with E-state index in [4.69, 9.17) is 21.0 Å². The Balaban J connectivity index is 1.02. The Kier molecular flexibility index (Phi) is 9.16. The highest BCUT2D eigenvalue weighted by molar-refractivity contribution is 6.03. The number of aromatic amines is 1. The first kappa shape index (κ1) is 35.0. The van der Waals surface area contributed by atoms with Crippen LogP contribution in [0.2, 0.25) is 0 Å². The lowest BCUT2D eigenvalue weighted by Gasteiger charge is -2.28. The van der Waals surface area contributed by atoms with Crippen LogP contribution in [0.4, 0.5) is 9.59 Å². The third kappa shape index (κ3) is 7.45. The maximum Gasteiger partial charge on any atom is 0.411 e. The summed E-state index contributed by atoms with van der Waals surface area (Å²) in [5.74, 6) is 0.655. The zero-order valence-electron chi connectivity index (χ0n) is 30.8. The zero-order valence-corrected chi connectivity index (χ0v) is 30.8. The molecule has 1 aromatic heterocycles. The molecule has 3 aliphatic rings. The summed E-state index contributed by atoms with van der Waals surface area (Å²) >= 11 is 0. The summed E-state index contributed by atoms with van der Waals surface area (Å²) in [7, 11) is 0. The molecule has 10 heteroatoms. The number of rotatable bonds is 5. The maximum atomic E-state index is 13.0. The molecule has 2 fully saturated rings. The molecule has 10 nitrogen and oxygen atoms in total. The van der Waals surface area contributed by atoms with Crippen molar-refractivity contribution in [2.24, 2.45) is 4.99 Å². The largest absolute Gasteiger partial charge is 0.444 e. The number of carbonyl (C=O) groups excluding carboxylic acids is 2. The van der Waals surface area contributed by atoms with Gasteiger partial charge in [-0.3, -0.25) is 14.8 Å². The van der Waals surface area contributed by atoms with E-state index in [9.17, 15) is 9.59 Å². The van der Waals surface area contributed by atoms with E-state index in [0.29, 0.717) is 25.3 Å². The van der Waals surface area contributed by atoms with Crippen molar-refractivity contribution in [3.8, 4) is 22.4 Å². The van der Waals surface area contributed by atoms with E-state index in [2.05, 4.69) is 75.5 Å². The average Bonchev–Trinajstić information content (AvgIpc) is 3.92. The standard InChI is InChI=1S/C42H46N6O4/c1-41(2,3)51-39(49)47-18-8-9-36(47)34-21-32(23-44-34)31-17-16-29-19-28(14-15-30(29)20-31)26-10-12-27(13-11-26)35-24-45-38(46-35)37-22-33(43-7)25-48(37)40(50)52-42(4,5)6/h10-17,19-20,23-24,33,36-37H,8-9,18,21-22,25H2,1-6H3,(H,45,46)/t33-,36-,37-/m0/s1. The van der Waals surface area contributed by atoms with Crippen LogP contribution in [0.1, 0.15) is 84.7 Å². The van der Waals surface area contributed by atoms with Gasteiger partial charge < -0.3 is 19.3 Å². The fourth-order valence-electron chi connectivity index (χ4n) is 7.29. The molecule has 0 spiro atoms. The first-order valence-corrected chi connectivity index (χ1v) is 18.1. The Hall–Kier alpha value is -5.43. The highest BCUT2D eigenvalue weighted by Gasteiger charge is 2.43. The van der Waals surface area contributed by atoms with Crippen molar-refractivity contribution >= 4 is 34.2 Å². The SMILES string of the molecule is [C-]#[N+][C@H]1C[C@@H](c2ncc(-c3ccc(-c4ccc5cc(C6=CN=C([C@@H]7CCCN7C(=O)OC(C)(C)C)C6)ccc5c4)cc3)[nH]2)N(C(=O)OC(C)(C)C)C1. The van der Waals surface area contributed by atoms with Crippen molar-refractivity contribution in [1.29, 1.82) is 0 Å². The molecular formula is C42H46N6O4. The number of aliphatic imine (C=N–C) groups is 1. The second-order valence-electron chi connectivity index (χ2n) is 16.0. The number of carbonyl (C=O) groups is 2. The molecular weight excluding hydrogens is 653 g/mol. The lowest BCUT2D eigenvalue weighted by atomic mass is 9.95. The molecule has 0 unspecified atom stereocenters. The van der Waals surface area contributed by atoms with Gasteiger partial charge in [-0.2, -0.15) is 0 Å². The molecule has 2 saturated heterocycles. The van der Waals surface area contributed by atoms with Gasteiger partial charge in [0.15, 0.2) is 0 Å². The second kappa shape index (κ2) is 13.6. The fourth-order valence-corrected chi connectivity index (χ4v) is 7.29. The third-order valence-corrected chi connectivity index (χ3v) is 9.76. The zero-order chi connectivity index (χ0) is 36.8. The lowest BCUT2D eigenvalue weighted by molar-refractivity contribution is 0.0216. The number of allylic oxidation sites excluding steroid dienone is 1. The van der Waals surface area contributed by atoms with Gasteiger partial charge in [-0.05, 0) is 105 Å². The summed E-state index contributed by atoms with van der Waals surface area (Å²) in [5.41, 5.74) is 6.22. The van der Waals surface area contributed by atoms with Crippen molar-refractivity contribution < 1.29 is 19.1 Å². The van der Waals surface area contributed by atoms with Crippen LogP contribution >= 0.6 is 0 Å². The predicted molar refractivity (Wildman–Crippen MR) is 204 cm³/mol. The van der Waals surface area contributed by atoms with Gasteiger partial charge in [-0.25, -0.2) is 21.1 Å². The van der Waals surface area contributed by atoms with Crippen LogP contribution in [-0.2, 0) is 9.47 Å². The number of hydrogen-bond acceptors (Lipinski definition) is 6. The fraction of sp³-hybridized carbons (Fsp3) is 0.405. The minimum absolute atomic E-state index is 0.0201. The van der Waals surface area contributed by atoms with E-state index in [1.165, 1.54) is 0 Å². The molecule has 268 valence electrons. The Bertz CT molecular complexity index is 2110. The van der Waals surface area contributed by atoms with Crippen molar-refractivity contribution in [3.05, 3.63) is 95.9 Å². The number of nitrogens with one attached hydrogen (secondary N) is 1. The van der Waals surface area contributed by atoms with Crippen molar-refractivity contribution in [1.82, 2.24) is 19.8 Å². The van der Waals surface area contributed by atoms with E-state index in [0.717, 1.165) is 69.3 Å². The number of imidazole rings is 1. The van der Waals surface area contributed by atoms with E-state index in [-0.39, 0.29) is 24.2 Å². The number of benzene rings is 3. The summed E-state index contributed by atoms with van der Waals surface area (Å²) in [6.45, 7) is 19.8. The lowest BCUT2D eigenvalue weighted by Crippen LogP contribution is -2.43. The monoisotopic (exact) mass is 698 g/mol. The van der Waals surface area contributed by atoms with Gasteiger partial charge in [0.05, 0.1) is 24.4 Å². The predicted octanol–water partition coefficient (Wildman–Crippen LogP) is 9.45. The van der Waals surface area contributed by atoms with Crippen molar-refractivity contribution in [2.75, 3.05) is 13.1 Å². The number of amides is 2. The molecule has 0 bridgehead atoms. The van der Waals surface area contributed by atoms with Gasteiger partial charge in [0.1, 0.15) is 29.6 Å². The normalized spacial score (nSPS) is 20.5. The topological polar surface area (TPSA) is 104 Å². The summed E-state index contributed by atoms with van der Waals surface area (Å²) in [5, 5.41) is 2.31. The molecule has 4 aromatic rings. The van der Waals surface area contributed by atoms with Crippen LogP contribution in [0, 0.1) is 6.57 Å². The van der Waals surface area contributed by atoms with Crippen LogP contribution in [0.5, 0.6) is 0 Å². The molecule has 7 rings (SSSR count). The molecule has 4 heterocycles. The molecule has 3 aliphatic heterocycles. The van der Waals surface area contributed by atoms with E-state index < -0.39 is 17.3 Å². The Labute approximate surface area is 305 Å². The quantitative estimate of drug-likeness (QED) is 0.209. The molecule has 52 heavy (non-hydrogen) atoms. The Morgan fingerprint density at radius 3 is 2.12 bits per heavy atom. The molecule has 0 radical (unpaired) electrons. The Morgan fingerprint density at radius 1 is 0.827 bits per heavy atom. The van der Waals surface area contributed by atoms with Crippen LogP contribution in [0.25, 0.3) is 43.6 Å². The molecule has 1 N–H and O–H groups in total. The highest BCUT2D eigenvalue weighted by Crippen LogP contribution is 2.36. The molecule has 0 saturated carbocycles. The third-order valence-electron chi connectivity index (χ3n) is 9.76. The van der Waals surface area contributed by atoms with Crippen molar-refractivity contribution in [2.45, 2.75) is 96.6 Å². The van der Waals surface area contributed by atoms with E-state index in [1.807, 2.05) is 52.6 Å². The number of aromatic nitrogens is 2. The molecule has 2 amide bonds. The van der Waals surface area contributed by atoms with Crippen LogP contribution in [0.15, 0.2) is 78.1 Å². The number of ether oxygens (including phenoxy) is 2. The van der Waals surface area contributed by atoms with Gasteiger partial charge in [0.2, 0.25) is 6.04 Å². The van der Waals surface area contributed by atoms with Gasteiger partial charge >= 0.3 is 12.2 Å². The van der Waals surface area contributed by atoms with Crippen LogP contribution < -0.4 is 0 Å². The van der Waals surface area contributed by atoms with Gasteiger partial charge in [0.25, 0.3) is 0 Å². The average molecular weight is 699 g/mol. The minimum Gasteiger partial charge on any atom is -0.444 e. The van der Waals surface area contributed by atoms with Crippen LogP contribution in [0.3, 0.4) is 0 Å². The van der Waals surface area contributed by atoms with Crippen LogP contribution in [-0.4, -0.2) is 74.0 Å². The number of likely N-dealkylation sites (tertiary alicyclic amines) is 2. The van der Waals surface area contributed by atoms with Gasteiger partial charge in [-0.15, -0.1) is 0 Å². The van der Waals surface area contributed by atoms with Gasteiger partial charge in [0, 0.05) is 24.9 Å². The first-order chi connectivity index (χ1) is 24.7. The smallest absolute Gasteiger partial charge is 0.411 e. The second-order valence-corrected chi connectivity index (χ2v) is 16.0. The maximum absolute atomic E-state index is 13.0. The summed E-state index contributed by atoms with van der Waals surface area (Å²) < 4.78 is 11.3. The van der Waals surface area contributed by atoms with E-state index >= 15 is 0 Å². The molecule has 3 atom stereocenters. The number of nitrogens with zero attached hydrogens (tertiary/aromatic N) is 5. The van der Waals surface area contributed by atoms with E-state index in [1.54, 1.807) is 11.1 Å². The van der Waals surface area contributed by atoms with Gasteiger partial charge in [-0.1, -0.05) is 48.5 Å². The molecule has 3 aromatic carbocycles. The highest BCUT2D eigenvalue weighted by atomic mass is 16.6. The molecule has 0 aliphatic carbocycles. The summed E-state index contributed by atoms with van der Waals surface area (Å²) in [4.78, 5) is 45.8. The number of fused-ring (bicyclic) bond motifs is 1. The number of hydrogen-bond donors (Lipinski definition) is 1. The minimum atomic E-state index is -0.625. The summed E-state index contributed by atoms with van der Waals surface area (Å²) in [6.07, 6.45) is 6.14. The Morgan fingerprint density at radius 2 is 1.44 bits per heavy atom. The summed E-state index contributed by atoms with van der Waals surface area (Å²) in [6, 6.07) is 20.8. The first-order valence-electron chi connectivity index (χ1n) is 18.1.